The summed E-state index contributed by atoms with van der Waals surface area (Å²) in [6, 6.07) is 0. The lowest BCUT2D eigenvalue weighted by molar-refractivity contribution is 0.564. The maximum Gasteiger partial charge on any atom is 0.241 e. The van der Waals surface area contributed by atoms with E-state index in [9.17, 15) is 9.59 Å². The predicted molar refractivity (Wildman–Crippen MR) is 49.4 cm³/mol. The first-order valence-corrected chi connectivity index (χ1v) is 4.28. The summed E-state index contributed by atoms with van der Waals surface area (Å²) in [7, 11) is 0. The fourth-order valence-corrected chi connectivity index (χ4v) is 1.82. The molecule has 0 atom stereocenters. The number of thiophene rings is 1. The predicted octanol–water partition coefficient (Wildman–Crippen LogP) is 2.30. The van der Waals surface area contributed by atoms with E-state index in [2.05, 4.69) is 9.98 Å². The molecule has 1 heterocycles. The van der Waals surface area contributed by atoms with Crippen molar-refractivity contribution >= 4 is 33.5 Å². The van der Waals surface area contributed by atoms with Crippen molar-refractivity contribution in [2.45, 2.75) is 13.8 Å². The van der Waals surface area contributed by atoms with Gasteiger partial charge in [-0.25, -0.2) is 9.59 Å². The molecule has 0 bridgehead atoms. The highest BCUT2D eigenvalue weighted by Crippen LogP contribution is 2.39. The van der Waals surface area contributed by atoms with Gasteiger partial charge in [-0.05, 0) is 25.0 Å². The van der Waals surface area contributed by atoms with Crippen LogP contribution in [-0.4, -0.2) is 12.2 Å². The van der Waals surface area contributed by atoms with E-state index in [4.69, 9.17) is 0 Å². The lowest BCUT2D eigenvalue weighted by Gasteiger charge is -1.87. The van der Waals surface area contributed by atoms with Crippen molar-refractivity contribution in [3.05, 3.63) is 11.1 Å². The first kappa shape index (κ1) is 9.55. The van der Waals surface area contributed by atoms with Crippen molar-refractivity contribution in [1.29, 1.82) is 0 Å². The van der Waals surface area contributed by atoms with Crippen LogP contribution in [0.2, 0.25) is 0 Å². The van der Waals surface area contributed by atoms with Crippen LogP contribution in [0.3, 0.4) is 0 Å². The maximum absolute atomic E-state index is 10.0. The number of nitrogens with zero attached hydrogens (tertiary/aromatic N) is 2. The van der Waals surface area contributed by atoms with E-state index >= 15 is 0 Å². The summed E-state index contributed by atoms with van der Waals surface area (Å²) in [5, 5.41) is 1.09. The second-order valence-electron chi connectivity index (χ2n) is 2.37. The zero-order valence-corrected chi connectivity index (χ0v) is 7.94. The van der Waals surface area contributed by atoms with E-state index in [-0.39, 0.29) is 0 Å². The average Bonchev–Trinajstić information content (AvgIpc) is 2.36. The molecule has 1 aromatic rings. The second-order valence-corrected chi connectivity index (χ2v) is 3.35. The summed E-state index contributed by atoms with van der Waals surface area (Å²) in [5.74, 6) is 0. The van der Waals surface area contributed by atoms with E-state index in [0.717, 1.165) is 11.1 Å². The molecule has 0 unspecified atom stereocenters. The van der Waals surface area contributed by atoms with E-state index in [1.165, 1.54) is 23.5 Å². The summed E-state index contributed by atoms with van der Waals surface area (Å²) in [5.41, 5.74) is 1.70. The standard InChI is InChI=1S/C8H6N2O2S/c1-5-6(2)8(10-4-12)13-7(5)9-3-11/h1-2H3. The van der Waals surface area contributed by atoms with Crippen molar-refractivity contribution in [2.75, 3.05) is 0 Å². The molecular formula is C8H6N2O2S. The highest BCUT2D eigenvalue weighted by molar-refractivity contribution is 7.19. The fraction of sp³-hybridized carbons (Fsp3) is 0.250. The van der Waals surface area contributed by atoms with Gasteiger partial charge in [0.1, 0.15) is 10.0 Å². The Kier molecular flexibility index (Phi) is 2.88. The van der Waals surface area contributed by atoms with Gasteiger partial charge in [-0.15, -0.1) is 0 Å². The number of hydrogen-bond acceptors (Lipinski definition) is 5. The molecule has 0 amide bonds. The quantitative estimate of drug-likeness (QED) is 0.535. The average molecular weight is 194 g/mol. The van der Waals surface area contributed by atoms with Crippen LogP contribution in [-0.2, 0) is 9.59 Å². The molecule has 13 heavy (non-hydrogen) atoms. The zero-order chi connectivity index (χ0) is 9.84. The third-order valence-electron chi connectivity index (χ3n) is 1.69. The minimum absolute atomic E-state index is 0.543. The highest BCUT2D eigenvalue weighted by atomic mass is 32.1. The number of isocyanates is 2. The Labute approximate surface area is 78.6 Å². The van der Waals surface area contributed by atoms with Gasteiger partial charge in [-0.1, -0.05) is 11.3 Å². The SMILES string of the molecule is Cc1c(N=C=O)sc(N=C=O)c1C. The van der Waals surface area contributed by atoms with Gasteiger partial charge in [0.2, 0.25) is 12.2 Å². The Hall–Kier alpha value is -1.54. The summed E-state index contributed by atoms with van der Waals surface area (Å²) >= 11 is 1.18. The largest absolute Gasteiger partial charge is 0.241 e. The van der Waals surface area contributed by atoms with Crippen molar-refractivity contribution in [3.63, 3.8) is 0 Å². The van der Waals surface area contributed by atoms with Crippen LogP contribution in [0.4, 0.5) is 10.0 Å². The van der Waals surface area contributed by atoms with E-state index in [1.807, 2.05) is 13.8 Å². The highest BCUT2D eigenvalue weighted by Gasteiger charge is 2.09. The van der Waals surface area contributed by atoms with Crippen LogP contribution >= 0.6 is 11.3 Å². The Morgan fingerprint density at radius 1 is 1.00 bits per heavy atom. The Balaban J connectivity index is 3.34. The normalized spacial score (nSPS) is 8.77. The topological polar surface area (TPSA) is 58.9 Å². The molecule has 0 radical (unpaired) electrons. The summed E-state index contributed by atoms with van der Waals surface area (Å²) in [6.45, 7) is 3.62. The first-order chi connectivity index (χ1) is 6.20. The van der Waals surface area contributed by atoms with Crippen LogP contribution in [0.25, 0.3) is 0 Å². The molecule has 1 aromatic heterocycles. The van der Waals surface area contributed by atoms with Crippen LogP contribution in [0.1, 0.15) is 11.1 Å². The molecule has 0 saturated carbocycles. The van der Waals surface area contributed by atoms with Crippen molar-refractivity contribution < 1.29 is 9.59 Å². The molecule has 0 aliphatic rings. The fourth-order valence-electron chi connectivity index (χ4n) is 0.862. The van der Waals surface area contributed by atoms with Crippen molar-refractivity contribution in [3.8, 4) is 0 Å². The number of rotatable bonds is 2. The molecular weight excluding hydrogens is 188 g/mol. The molecule has 0 saturated heterocycles. The Morgan fingerprint density at radius 2 is 1.38 bits per heavy atom. The number of hydrogen-bond donors (Lipinski definition) is 0. The molecule has 0 aliphatic carbocycles. The molecule has 0 aromatic carbocycles. The van der Waals surface area contributed by atoms with Crippen LogP contribution in [0.15, 0.2) is 9.98 Å². The van der Waals surface area contributed by atoms with Crippen LogP contribution < -0.4 is 0 Å². The van der Waals surface area contributed by atoms with Gasteiger partial charge in [0.25, 0.3) is 0 Å². The van der Waals surface area contributed by atoms with E-state index < -0.39 is 0 Å². The molecule has 0 spiro atoms. The van der Waals surface area contributed by atoms with Gasteiger partial charge in [0.05, 0.1) is 0 Å². The van der Waals surface area contributed by atoms with Crippen LogP contribution in [0, 0.1) is 13.8 Å². The third-order valence-corrected chi connectivity index (χ3v) is 2.87. The second kappa shape index (κ2) is 3.92. The van der Waals surface area contributed by atoms with Gasteiger partial charge in [0, 0.05) is 0 Å². The lowest BCUT2D eigenvalue weighted by Crippen LogP contribution is -1.70. The van der Waals surface area contributed by atoms with Gasteiger partial charge in [0.15, 0.2) is 0 Å². The first-order valence-electron chi connectivity index (χ1n) is 3.46. The molecule has 0 fully saturated rings. The Morgan fingerprint density at radius 3 is 1.69 bits per heavy atom. The summed E-state index contributed by atoms with van der Waals surface area (Å²) < 4.78 is 0. The summed E-state index contributed by atoms with van der Waals surface area (Å²) in [4.78, 5) is 27.0. The van der Waals surface area contributed by atoms with Crippen molar-refractivity contribution in [2.24, 2.45) is 9.98 Å². The van der Waals surface area contributed by atoms with Gasteiger partial charge >= 0.3 is 0 Å². The van der Waals surface area contributed by atoms with E-state index in [0.29, 0.717) is 10.0 Å². The molecule has 1 rings (SSSR count). The zero-order valence-electron chi connectivity index (χ0n) is 7.12. The number of carbonyl (C=O) groups excluding carboxylic acids is 2. The number of aliphatic imine (C=N–C) groups is 2. The molecule has 0 aliphatic heterocycles. The maximum atomic E-state index is 10.0. The molecule has 4 nitrogen and oxygen atoms in total. The molecule has 0 N–H and O–H groups in total. The smallest absolute Gasteiger partial charge is 0.211 e. The minimum atomic E-state index is 0.543. The van der Waals surface area contributed by atoms with Gasteiger partial charge < -0.3 is 0 Å². The van der Waals surface area contributed by atoms with Gasteiger partial charge in [-0.2, -0.15) is 9.98 Å². The van der Waals surface area contributed by atoms with Crippen molar-refractivity contribution in [1.82, 2.24) is 0 Å². The lowest BCUT2D eigenvalue weighted by atomic mass is 10.2. The van der Waals surface area contributed by atoms with E-state index in [1.54, 1.807) is 0 Å². The summed E-state index contributed by atoms with van der Waals surface area (Å²) in [6.07, 6.45) is 2.91. The third kappa shape index (κ3) is 1.79. The minimum Gasteiger partial charge on any atom is -0.211 e. The Bertz CT molecular complexity index is 385. The monoisotopic (exact) mass is 194 g/mol. The van der Waals surface area contributed by atoms with Crippen LogP contribution in [0.5, 0.6) is 0 Å². The molecule has 66 valence electrons. The molecule has 5 heteroatoms. The van der Waals surface area contributed by atoms with Gasteiger partial charge in [-0.3, -0.25) is 0 Å².